The van der Waals surface area contributed by atoms with Crippen molar-refractivity contribution < 1.29 is 0 Å². The molecule has 0 bridgehead atoms. The number of unbranched alkanes of at least 4 members (excludes halogenated alkanes) is 4. The summed E-state index contributed by atoms with van der Waals surface area (Å²) in [5.41, 5.74) is 1.17. The van der Waals surface area contributed by atoms with E-state index < -0.39 is 0 Å². The molecule has 0 aliphatic rings. The third-order valence-electron chi connectivity index (χ3n) is 3.90. The van der Waals surface area contributed by atoms with E-state index in [-0.39, 0.29) is 0 Å². The van der Waals surface area contributed by atoms with E-state index in [4.69, 9.17) is 0 Å². The van der Waals surface area contributed by atoms with Crippen molar-refractivity contribution in [2.45, 2.75) is 175 Å². The first-order valence-corrected chi connectivity index (χ1v) is 14.2. The molecular formula is C32H74. The molecule has 0 saturated heterocycles. The second kappa shape index (κ2) is 63.2. The van der Waals surface area contributed by atoms with Crippen LogP contribution in [0.3, 0.4) is 0 Å². The van der Waals surface area contributed by atoms with E-state index >= 15 is 0 Å². The zero-order chi connectivity index (χ0) is 27.2. The van der Waals surface area contributed by atoms with Gasteiger partial charge in [-0.3, -0.25) is 0 Å². The van der Waals surface area contributed by atoms with Crippen LogP contribution in [0.15, 0.2) is 24.3 Å². The molecule has 0 saturated carbocycles. The van der Waals surface area contributed by atoms with Gasteiger partial charge < -0.3 is 0 Å². The van der Waals surface area contributed by atoms with Gasteiger partial charge >= 0.3 is 0 Å². The molecule has 32 heavy (non-hydrogen) atoms. The highest BCUT2D eigenvalue weighted by molar-refractivity contribution is 4.78. The minimum atomic E-state index is 0.880. The first kappa shape index (κ1) is 48.8. The van der Waals surface area contributed by atoms with Crippen LogP contribution >= 0.6 is 0 Å². The fourth-order valence-electron chi connectivity index (χ4n) is 0.971. The smallest absolute Gasteiger partial charge is 0.0443 e. The van der Waals surface area contributed by atoms with Gasteiger partial charge in [0, 0.05) is 0 Å². The molecule has 0 rings (SSSR count). The van der Waals surface area contributed by atoms with Crippen molar-refractivity contribution in [3.8, 4) is 0 Å². The van der Waals surface area contributed by atoms with Crippen LogP contribution in [-0.4, -0.2) is 0 Å². The molecule has 0 amide bonds. The fraction of sp³-hybridized carbons (Fsp3) is 0.875. The second-order valence-corrected chi connectivity index (χ2v) is 9.02. The van der Waals surface area contributed by atoms with Gasteiger partial charge in [-0.05, 0) is 46.0 Å². The molecule has 0 aliphatic heterocycles. The summed E-state index contributed by atoms with van der Waals surface area (Å²) >= 11 is 0. The van der Waals surface area contributed by atoms with Crippen molar-refractivity contribution in [2.24, 2.45) is 11.8 Å². The SMILES string of the molecule is C=C(C)C.CC=CC.CCC(C)CC(C)C.CCCC.CCCC.CCCC.CCCC. The molecule has 0 fully saturated rings. The van der Waals surface area contributed by atoms with Crippen molar-refractivity contribution >= 4 is 0 Å². The van der Waals surface area contributed by atoms with Crippen molar-refractivity contribution in [3.05, 3.63) is 24.3 Å². The maximum Gasteiger partial charge on any atom is -0.0443 e. The highest BCUT2D eigenvalue weighted by atomic mass is 14.1. The summed E-state index contributed by atoms with van der Waals surface area (Å²) in [5, 5.41) is 0. The highest BCUT2D eigenvalue weighted by Crippen LogP contribution is 2.12. The first-order chi connectivity index (χ1) is 15.0. The summed E-state index contributed by atoms with van der Waals surface area (Å²) < 4.78 is 0. The van der Waals surface area contributed by atoms with Crippen molar-refractivity contribution in [2.75, 3.05) is 0 Å². The van der Waals surface area contributed by atoms with Crippen LogP contribution in [0.1, 0.15) is 175 Å². The van der Waals surface area contributed by atoms with Gasteiger partial charge in [0.25, 0.3) is 0 Å². The first-order valence-electron chi connectivity index (χ1n) is 14.2. The minimum Gasteiger partial charge on any atom is -0.100 e. The summed E-state index contributed by atoms with van der Waals surface area (Å²) in [4.78, 5) is 0. The molecule has 0 heterocycles. The lowest BCUT2D eigenvalue weighted by atomic mass is 9.97. The second-order valence-electron chi connectivity index (χ2n) is 9.02. The van der Waals surface area contributed by atoms with Gasteiger partial charge in [0.2, 0.25) is 0 Å². The largest absolute Gasteiger partial charge is 0.100 e. The molecule has 0 aromatic carbocycles. The summed E-state index contributed by atoms with van der Waals surface area (Å²) in [6.07, 6.45) is 17.3. The fourth-order valence-corrected chi connectivity index (χ4v) is 0.971. The average molecular weight is 459 g/mol. The summed E-state index contributed by atoms with van der Waals surface area (Å²) in [5.74, 6) is 1.81. The van der Waals surface area contributed by atoms with Gasteiger partial charge in [0.1, 0.15) is 0 Å². The number of hydrogen-bond donors (Lipinski definition) is 0. The number of hydrogen-bond acceptors (Lipinski definition) is 0. The van der Waals surface area contributed by atoms with Gasteiger partial charge in [-0.25, -0.2) is 0 Å². The van der Waals surface area contributed by atoms with E-state index in [0.717, 1.165) is 11.8 Å². The standard InChI is InChI=1S/C8H18.C4H8.4C4H10.C4H8/c1-5-8(4)6-7(2)3;1-4(2)3;5*1-3-4-2/h7-8H,5-6H2,1-4H3;1H2,2-3H3;4*3-4H2,1-2H3;3-4H,1-2H3. The van der Waals surface area contributed by atoms with Crippen molar-refractivity contribution in [1.82, 2.24) is 0 Å². The van der Waals surface area contributed by atoms with Crippen LogP contribution < -0.4 is 0 Å². The molecule has 0 spiro atoms. The monoisotopic (exact) mass is 459 g/mol. The average Bonchev–Trinajstić information content (AvgIpc) is 2.78. The molecule has 202 valence electrons. The Hall–Kier alpha value is -0.520. The van der Waals surface area contributed by atoms with Crippen LogP contribution in [0, 0.1) is 11.8 Å². The molecule has 0 heteroatoms. The highest BCUT2D eigenvalue weighted by Gasteiger charge is 2.00. The topological polar surface area (TPSA) is 0 Å². The van der Waals surface area contributed by atoms with E-state index in [1.54, 1.807) is 0 Å². The summed E-state index contributed by atoms with van der Waals surface area (Å²) in [7, 11) is 0. The van der Waals surface area contributed by atoms with Gasteiger partial charge in [0.05, 0.1) is 0 Å². The Balaban J connectivity index is -0.0000000467. The summed E-state index contributed by atoms with van der Waals surface area (Å²) in [6.45, 7) is 38.1. The molecular weight excluding hydrogens is 384 g/mol. The third kappa shape index (κ3) is 218. The Morgan fingerprint density at radius 1 is 0.562 bits per heavy atom. The number of allylic oxidation sites excluding steroid dienone is 3. The maximum atomic E-state index is 3.56. The zero-order valence-electron chi connectivity index (χ0n) is 26.6. The quantitative estimate of drug-likeness (QED) is 0.333. The molecule has 0 nitrogen and oxygen atoms in total. The van der Waals surface area contributed by atoms with Gasteiger partial charge in [-0.1, -0.05) is 159 Å². The van der Waals surface area contributed by atoms with E-state index in [0.29, 0.717) is 0 Å². The summed E-state index contributed by atoms with van der Waals surface area (Å²) in [6, 6.07) is 0. The lowest BCUT2D eigenvalue weighted by Gasteiger charge is -2.09. The molecule has 0 aromatic rings. The lowest BCUT2D eigenvalue weighted by Crippen LogP contribution is -1.97. The van der Waals surface area contributed by atoms with E-state index in [1.807, 2.05) is 39.8 Å². The van der Waals surface area contributed by atoms with Gasteiger partial charge in [-0.2, -0.15) is 0 Å². The minimum absolute atomic E-state index is 0.880. The molecule has 0 radical (unpaired) electrons. The van der Waals surface area contributed by atoms with Gasteiger partial charge in [-0.15, -0.1) is 6.58 Å². The van der Waals surface area contributed by atoms with E-state index in [9.17, 15) is 0 Å². The molecule has 1 atom stereocenters. The Bertz CT molecular complexity index is 215. The Kier molecular flexibility index (Phi) is 96.3. The zero-order valence-corrected chi connectivity index (χ0v) is 26.6. The normalized spacial score (nSPS) is 9.41. The van der Waals surface area contributed by atoms with Crippen molar-refractivity contribution in [3.63, 3.8) is 0 Å². The molecule has 1 unspecified atom stereocenters. The molecule has 0 aromatic heterocycles. The van der Waals surface area contributed by atoms with Crippen LogP contribution in [0.5, 0.6) is 0 Å². The maximum absolute atomic E-state index is 3.56. The van der Waals surface area contributed by atoms with Crippen LogP contribution in [0.4, 0.5) is 0 Å². The van der Waals surface area contributed by atoms with E-state index in [2.05, 4.69) is 89.7 Å². The Morgan fingerprint density at radius 3 is 0.781 bits per heavy atom. The lowest BCUT2D eigenvalue weighted by molar-refractivity contribution is 0.429. The predicted octanol–water partition coefficient (Wildman–Crippen LogP) is 13.5. The van der Waals surface area contributed by atoms with Gasteiger partial charge in [0.15, 0.2) is 0 Å². The van der Waals surface area contributed by atoms with Crippen molar-refractivity contribution in [1.29, 1.82) is 0 Å². The van der Waals surface area contributed by atoms with E-state index in [1.165, 1.54) is 69.8 Å². The van der Waals surface area contributed by atoms with Crippen LogP contribution in [0.25, 0.3) is 0 Å². The predicted molar refractivity (Wildman–Crippen MR) is 162 cm³/mol. The van der Waals surface area contributed by atoms with Crippen LogP contribution in [-0.2, 0) is 0 Å². The third-order valence-corrected chi connectivity index (χ3v) is 3.90. The molecule has 0 aliphatic carbocycles. The Morgan fingerprint density at radius 2 is 0.750 bits per heavy atom. The molecule has 0 N–H and O–H groups in total. The Labute approximate surface area is 211 Å². The van der Waals surface area contributed by atoms with Crippen LogP contribution in [0.2, 0.25) is 0 Å². The number of rotatable bonds is 7.